The number of aliphatic hydroxyl groups is 1. The fraction of sp³-hybridized carbons (Fsp3) is 0.111. The number of hydrogen-bond acceptors (Lipinski definition) is 7. The Kier molecular flexibility index (Phi) is 6.46. The fourth-order valence-electron chi connectivity index (χ4n) is 1.89. The maximum Gasteiger partial charge on any atom is 0.381 e. The van der Waals surface area contributed by atoms with Gasteiger partial charge in [0.05, 0.1) is 19.9 Å². The molecule has 0 fully saturated rings. The van der Waals surface area contributed by atoms with E-state index in [1.54, 1.807) is 24.3 Å². The minimum absolute atomic E-state index is 0.246. The van der Waals surface area contributed by atoms with Crippen LogP contribution in [0.1, 0.15) is 5.56 Å². The molecule has 2 rings (SSSR count). The second-order valence-electron chi connectivity index (χ2n) is 4.92. The lowest BCUT2D eigenvalue weighted by molar-refractivity contribution is -0.149. The third-order valence-electron chi connectivity index (χ3n) is 3.27. The van der Waals surface area contributed by atoms with Crippen molar-refractivity contribution < 1.29 is 24.2 Å². The largest absolute Gasteiger partial charge is 0.505 e. The van der Waals surface area contributed by atoms with Crippen LogP contribution in [0.4, 0.5) is 5.69 Å². The second kappa shape index (κ2) is 8.77. The predicted octanol–water partition coefficient (Wildman–Crippen LogP) is 4.10. The summed E-state index contributed by atoms with van der Waals surface area (Å²) in [5.74, 6) is -2.20. The second-order valence-corrected chi connectivity index (χ2v) is 5.36. The fourth-order valence-corrected chi connectivity index (χ4v) is 2.02. The zero-order chi connectivity index (χ0) is 19.1. The van der Waals surface area contributed by atoms with Gasteiger partial charge in [0.2, 0.25) is 0 Å². The van der Waals surface area contributed by atoms with Gasteiger partial charge in [-0.2, -0.15) is 5.11 Å². The van der Waals surface area contributed by atoms with E-state index in [2.05, 4.69) is 15.0 Å². The number of carbonyl (C=O) groups is 2. The average Bonchev–Trinajstić information content (AvgIpc) is 2.68. The molecule has 2 aromatic rings. The van der Waals surface area contributed by atoms with Gasteiger partial charge in [0.1, 0.15) is 5.75 Å². The number of Topliss-reactive ketones (excluding diaryl/α,β-unsaturated/α-hetero) is 1. The lowest BCUT2D eigenvalue weighted by Crippen LogP contribution is -2.18. The summed E-state index contributed by atoms with van der Waals surface area (Å²) < 4.78 is 9.44. The summed E-state index contributed by atoms with van der Waals surface area (Å²) in [7, 11) is 2.58. The van der Waals surface area contributed by atoms with Crippen molar-refractivity contribution in [2.24, 2.45) is 10.2 Å². The van der Waals surface area contributed by atoms with Gasteiger partial charge in [-0.15, -0.1) is 5.11 Å². The number of benzene rings is 2. The Labute approximate surface area is 154 Å². The number of ketones is 1. The summed E-state index contributed by atoms with van der Waals surface area (Å²) in [5, 5.41) is 18.5. The summed E-state index contributed by atoms with van der Waals surface area (Å²) in [6.07, 6.45) is 0. The monoisotopic (exact) mass is 374 g/mol. The van der Waals surface area contributed by atoms with Crippen LogP contribution < -0.4 is 4.74 Å². The number of esters is 1. The summed E-state index contributed by atoms with van der Waals surface area (Å²) >= 11 is 5.81. The Morgan fingerprint density at radius 3 is 2.15 bits per heavy atom. The van der Waals surface area contributed by atoms with E-state index in [1.807, 2.05) is 0 Å². The first-order valence-corrected chi connectivity index (χ1v) is 7.71. The van der Waals surface area contributed by atoms with Crippen LogP contribution in [0.5, 0.6) is 5.75 Å². The van der Waals surface area contributed by atoms with Crippen LogP contribution >= 0.6 is 11.6 Å². The van der Waals surface area contributed by atoms with Gasteiger partial charge in [-0.1, -0.05) is 11.6 Å². The molecule has 0 amide bonds. The van der Waals surface area contributed by atoms with Gasteiger partial charge in [0.15, 0.2) is 11.5 Å². The van der Waals surface area contributed by atoms with E-state index in [9.17, 15) is 14.7 Å². The Morgan fingerprint density at radius 2 is 1.62 bits per heavy atom. The molecule has 0 heterocycles. The number of azo groups is 1. The van der Waals surface area contributed by atoms with E-state index in [-0.39, 0.29) is 5.56 Å². The molecule has 0 atom stereocenters. The highest BCUT2D eigenvalue weighted by Gasteiger charge is 2.24. The smallest absolute Gasteiger partial charge is 0.381 e. The van der Waals surface area contributed by atoms with Gasteiger partial charge in [-0.05, 0) is 48.5 Å². The van der Waals surface area contributed by atoms with Crippen LogP contribution in [0, 0.1) is 0 Å². The molecule has 0 aliphatic carbocycles. The minimum Gasteiger partial charge on any atom is -0.505 e. The zero-order valence-corrected chi connectivity index (χ0v) is 14.7. The molecule has 134 valence electrons. The lowest BCUT2D eigenvalue weighted by Gasteiger charge is -2.05. The first-order chi connectivity index (χ1) is 12.5. The van der Waals surface area contributed by atoms with Crippen molar-refractivity contribution in [2.75, 3.05) is 14.2 Å². The van der Waals surface area contributed by atoms with Crippen LogP contribution in [0.3, 0.4) is 0 Å². The highest BCUT2D eigenvalue weighted by Crippen LogP contribution is 2.23. The molecule has 7 nitrogen and oxygen atoms in total. The quantitative estimate of drug-likeness (QED) is 0.270. The third-order valence-corrected chi connectivity index (χ3v) is 3.52. The Morgan fingerprint density at radius 1 is 1.00 bits per heavy atom. The topological polar surface area (TPSA) is 97.6 Å². The molecule has 26 heavy (non-hydrogen) atoms. The van der Waals surface area contributed by atoms with Crippen LogP contribution in [-0.2, 0) is 14.3 Å². The SMILES string of the molecule is COC(=O)C(=O)/C(N=Nc1ccc(OC)cc1)=C(\O)c1ccc(Cl)cc1. The van der Waals surface area contributed by atoms with E-state index < -0.39 is 23.2 Å². The molecule has 8 heteroatoms. The van der Waals surface area contributed by atoms with E-state index in [0.29, 0.717) is 16.5 Å². The van der Waals surface area contributed by atoms with Crippen molar-refractivity contribution in [3.63, 3.8) is 0 Å². The van der Waals surface area contributed by atoms with E-state index >= 15 is 0 Å². The van der Waals surface area contributed by atoms with Gasteiger partial charge in [-0.25, -0.2) is 4.79 Å². The summed E-state index contributed by atoms with van der Waals surface area (Å²) in [6, 6.07) is 12.5. The minimum atomic E-state index is -1.17. The molecular formula is C18H15ClN2O5. The van der Waals surface area contributed by atoms with Crippen molar-refractivity contribution in [2.45, 2.75) is 0 Å². The highest BCUT2D eigenvalue weighted by atomic mass is 35.5. The summed E-state index contributed by atoms with van der Waals surface area (Å²) in [5.41, 5.74) is 0.0928. The number of nitrogens with zero attached hydrogens (tertiary/aromatic N) is 2. The maximum absolute atomic E-state index is 12.2. The van der Waals surface area contributed by atoms with Gasteiger partial charge >= 0.3 is 5.97 Å². The summed E-state index contributed by atoms with van der Waals surface area (Å²) in [6.45, 7) is 0. The molecule has 1 N–H and O–H groups in total. The lowest BCUT2D eigenvalue weighted by atomic mass is 10.1. The van der Waals surface area contributed by atoms with Crippen molar-refractivity contribution in [1.29, 1.82) is 0 Å². The van der Waals surface area contributed by atoms with Crippen molar-refractivity contribution in [3.8, 4) is 5.75 Å². The summed E-state index contributed by atoms with van der Waals surface area (Å²) in [4.78, 5) is 23.8. The first-order valence-electron chi connectivity index (χ1n) is 7.34. The molecule has 0 aliphatic heterocycles. The molecule has 0 unspecified atom stereocenters. The number of rotatable bonds is 6. The van der Waals surface area contributed by atoms with E-state index in [4.69, 9.17) is 16.3 Å². The highest BCUT2D eigenvalue weighted by molar-refractivity contribution is 6.41. The molecule has 0 aromatic heterocycles. The van der Waals surface area contributed by atoms with Crippen LogP contribution in [0.25, 0.3) is 5.76 Å². The molecule has 0 bridgehead atoms. The Hall–Kier alpha value is -3.19. The van der Waals surface area contributed by atoms with Gasteiger partial charge in [-0.3, -0.25) is 4.79 Å². The number of hydrogen-bond donors (Lipinski definition) is 1. The standard InChI is InChI=1S/C18H15ClN2O5/c1-25-14-9-7-13(8-10-14)20-21-15(17(23)18(24)26-2)16(22)11-3-5-12(19)6-4-11/h3-10,22H,1-2H3/b16-15+,21-20?. The number of aliphatic hydroxyl groups excluding tert-OH is 1. The van der Waals surface area contributed by atoms with Gasteiger partial charge in [0.25, 0.3) is 5.78 Å². The van der Waals surface area contributed by atoms with Crippen LogP contribution in [0.15, 0.2) is 64.5 Å². The number of ether oxygens (including phenoxy) is 2. The third kappa shape index (κ3) is 4.67. The normalized spacial score (nSPS) is 11.8. The van der Waals surface area contributed by atoms with Crippen LogP contribution in [0.2, 0.25) is 5.02 Å². The molecule has 0 saturated heterocycles. The molecule has 0 saturated carbocycles. The molecular weight excluding hydrogens is 360 g/mol. The van der Waals surface area contributed by atoms with E-state index in [1.165, 1.54) is 31.4 Å². The number of carbonyl (C=O) groups excluding carboxylic acids is 2. The van der Waals surface area contributed by atoms with Crippen LogP contribution in [-0.4, -0.2) is 31.1 Å². The Balaban J connectivity index is 2.44. The maximum atomic E-state index is 12.2. The molecule has 0 aliphatic rings. The molecule has 2 aromatic carbocycles. The van der Waals surface area contributed by atoms with Gasteiger partial charge in [0, 0.05) is 10.6 Å². The Bertz CT molecular complexity index is 858. The molecule has 0 radical (unpaired) electrons. The van der Waals surface area contributed by atoms with Crippen molar-refractivity contribution in [3.05, 3.63) is 64.8 Å². The zero-order valence-electron chi connectivity index (χ0n) is 14.0. The predicted molar refractivity (Wildman–Crippen MR) is 95.5 cm³/mol. The van der Waals surface area contributed by atoms with Gasteiger partial charge < -0.3 is 14.6 Å². The van der Waals surface area contributed by atoms with Crippen molar-refractivity contribution >= 4 is 34.8 Å². The first kappa shape index (κ1) is 19.1. The van der Waals surface area contributed by atoms with E-state index in [0.717, 1.165) is 7.11 Å². The average molecular weight is 375 g/mol. The molecule has 0 spiro atoms. The number of halogens is 1. The number of methoxy groups -OCH3 is 2. The van der Waals surface area contributed by atoms with Crippen molar-refractivity contribution in [1.82, 2.24) is 0 Å².